The van der Waals surface area contributed by atoms with Crippen molar-refractivity contribution in [2.24, 2.45) is 0 Å². The minimum Gasteiger partial charge on any atom is -0.495 e. The van der Waals surface area contributed by atoms with Crippen molar-refractivity contribution in [3.8, 4) is 5.75 Å². The van der Waals surface area contributed by atoms with E-state index in [0.29, 0.717) is 12.2 Å². The van der Waals surface area contributed by atoms with Crippen LogP contribution in [0.1, 0.15) is 29.8 Å². The van der Waals surface area contributed by atoms with Gasteiger partial charge in [0.05, 0.1) is 12.7 Å². The van der Waals surface area contributed by atoms with E-state index in [9.17, 15) is 22.8 Å². The summed E-state index contributed by atoms with van der Waals surface area (Å²) in [6.45, 7) is 5.14. The zero-order valence-electron chi connectivity index (χ0n) is 18.1. The van der Waals surface area contributed by atoms with Gasteiger partial charge in [-0.05, 0) is 51.1 Å². The molecule has 0 fully saturated rings. The summed E-state index contributed by atoms with van der Waals surface area (Å²) in [4.78, 5) is 35.6. The van der Waals surface area contributed by atoms with Crippen molar-refractivity contribution in [2.75, 3.05) is 18.4 Å². The topological polar surface area (TPSA) is 140 Å². The minimum atomic E-state index is -4.11. The fourth-order valence-corrected chi connectivity index (χ4v) is 3.80. The highest BCUT2D eigenvalue weighted by molar-refractivity contribution is 7.92. The number of ether oxygens (including phenoxy) is 2. The van der Waals surface area contributed by atoms with Crippen molar-refractivity contribution >= 4 is 33.6 Å². The van der Waals surface area contributed by atoms with Gasteiger partial charge in [-0.2, -0.15) is 0 Å². The monoisotopic (exact) mass is 463 g/mol. The van der Waals surface area contributed by atoms with Crippen molar-refractivity contribution in [3.05, 3.63) is 53.6 Å². The number of esters is 1. The third-order valence-electron chi connectivity index (χ3n) is 4.22. The molecule has 10 nitrogen and oxygen atoms in total. The molecule has 2 rings (SSSR count). The fraction of sp³-hybridized carbons (Fsp3) is 0.286. The number of sulfonamides is 1. The van der Waals surface area contributed by atoms with E-state index in [2.05, 4.69) is 10.0 Å². The van der Waals surface area contributed by atoms with E-state index in [4.69, 9.17) is 9.47 Å². The summed E-state index contributed by atoms with van der Waals surface area (Å²) in [5.74, 6) is -1.76. The normalized spacial score (nSPS) is 11.8. The van der Waals surface area contributed by atoms with Gasteiger partial charge in [-0.3, -0.25) is 14.8 Å². The number of rotatable bonds is 8. The van der Waals surface area contributed by atoms with E-state index in [1.54, 1.807) is 31.2 Å². The molecule has 0 aliphatic rings. The highest BCUT2D eigenvalue weighted by Gasteiger charge is 2.25. The molecule has 0 bridgehead atoms. The van der Waals surface area contributed by atoms with Crippen LogP contribution in [-0.2, 0) is 19.6 Å². The number of aryl methyl sites for hydroxylation is 1. The summed E-state index contributed by atoms with van der Waals surface area (Å²) < 4.78 is 38.4. The fourth-order valence-electron chi connectivity index (χ4n) is 2.55. The molecule has 0 aromatic heterocycles. The Bertz CT molecular complexity index is 1100. The molecule has 0 radical (unpaired) electrons. The van der Waals surface area contributed by atoms with Crippen molar-refractivity contribution < 1.29 is 32.3 Å². The largest absolute Gasteiger partial charge is 0.495 e. The quantitative estimate of drug-likeness (QED) is 0.510. The molecular formula is C21H25N3O7S. The number of benzene rings is 2. The molecule has 0 spiro atoms. The van der Waals surface area contributed by atoms with Gasteiger partial charge >= 0.3 is 12.0 Å². The zero-order chi connectivity index (χ0) is 23.9. The lowest BCUT2D eigenvalue weighted by atomic mass is 10.2. The van der Waals surface area contributed by atoms with E-state index in [1.165, 1.54) is 26.2 Å². The molecule has 2 aromatic carbocycles. The van der Waals surface area contributed by atoms with Gasteiger partial charge in [-0.15, -0.1) is 0 Å². The van der Waals surface area contributed by atoms with Crippen LogP contribution in [0, 0.1) is 6.92 Å². The van der Waals surface area contributed by atoms with E-state index < -0.39 is 34.0 Å². The third kappa shape index (κ3) is 6.45. The second-order valence-corrected chi connectivity index (χ2v) is 8.38. The highest BCUT2D eigenvalue weighted by Crippen LogP contribution is 2.27. The first kappa shape index (κ1) is 24.7. The average molecular weight is 464 g/mol. The number of hydrogen-bond acceptors (Lipinski definition) is 7. The molecule has 2 aromatic rings. The van der Waals surface area contributed by atoms with Gasteiger partial charge in [0.15, 0.2) is 6.10 Å². The van der Waals surface area contributed by atoms with E-state index >= 15 is 0 Å². The van der Waals surface area contributed by atoms with Crippen LogP contribution in [0.5, 0.6) is 5.75 Å². The second-order valence-electron chi connectivity index (χ2n) is 6.73. The number of anilines is 1. The van der Waals surface area contributed by atoms with Gasteiger partial charge in [0.2, 0.25) is 0 Å². The SMILES string of the molecule is CCNC(=O)NC(=O)C(C)OC(=O)c1ccc(OC)c(S(=O)(=O)Nc2ccc(C)cc2)c1. The van der Waals surface area contributed by atoms with Crippen LogP contribution in [-0.4, -0.2) is 46.1 Å². The Balaban J connectivity index is 2.22. The first-order valence-corrected chi connectivity index (χ1v) is 11.1. The maximum absolute atomic E-state index is 12.9. The van der Waals surface area contributed by atoms with Crippen LogP contribution in [0.4, 0.5) is 10.5 Å². The molecular weight excluding hydrogens is 438 g/mol. The van der Waals surface area contributed by atoms with Gasteiger partial charge < -0.3 is 14.8 Å². The number of urea groups is 1. The average Bonchev–Trinajstić information content (AvgIpc) is 2.74. The predicted octanol–water partition coefficient (Wildman–Crippen LogP) is 2.20. The second kappa shape index (κ2) is 10.6. The van der Waals surface area contributed by atoms with Crippen LogP contribution in [0.3, 0.4) is 0 Å². The lowest BCUT2D eigenvalue weighted by Gasteiger charge is -2.15. The number of hydrogen-bond donors (Lipinski definition) is 3. The Morgan fingerprint density at radius 3 is 2.31 bits per heavy atom. The molecule has 3 amide bonds. The van der Waals surface area contributed by atoms with Crippen molar-refractivity contribution in [3.63, 3.8) is 0 Å². The Hall–Kier alpha value is -3.60. The summed E-state index contributed by atoms with van der Waals surface area (Å²) in [7, 11) is -2.81. The maximum atomic E-state index is 12.9. The van der Waals surface area contributed by atoms with Crippen LogP contribution in [0.15, 0.2) is 47.4 Å². The predicted molar refractivity (Wildman–Crippen MR) is 117 cm³/mol. The summed E-state index contributed by atoms with van der Waals surface area (Å²) in [5.41, 5.74) is 1.18. The van der Waals surface area contributed by atoms with Gasteiger partial charge in [0.1, 0.15) is 10.6 Å². The maximum Gasteiger partial charge on any atom is 0.338 e. The molecule has 0 heterocycles. The van der Waals surface area contributed by atoms with Gasteiger partial charge in [-0.25, -0.2) is 18.0 Å². The lowest BCUT2D eigenvalue weighted by molar-refractivity contribution is -0.127. The first-order valence-electron chi connectivity index (χ1n) is 9.64. The molecule has 0 aliphatic heterocycles. The number of nitrogens with one attached hydrogen (secondary N) is 3. The van der Waals surface area contributed by atoms with Gasteiger partial charge in [-0.1, -0.05) is 17.7 Å². The van der Waals surface area contributed by atoms with Crippen molar-refractivity contribution in [1.82, 2.24) is 10.6 Å². The Morgan fingerprint density at radius 1 is 1.06 bits per heavy atom. The standard InChI is InChI=1S/C21H25N3O7S/c1-5-22-21(27)23-19(25)14(3)31-20(26)15-8-11-17(30-4)18(12-15)32(28,29)24-16-9-6-13(2)7-10-16/h6-12,14,24H,5H2,1-4H3,(H2,22,23,25,27). The summed E-state index contributed by atoms with van der Waals surface area (Å²) in [6.07, 6.45) is -1.29. The summed E-state index contributed by atoms with van der Waals surface area (Å²) in [5, 5.41) is 4.41. The lowest BCUT2D eigenvalue weighted by Crippen LogP contribution is -2.44. The van der Waals surface area contributed by atoms with Gasteiger partial charge in [0.25, 0.3) is 15.9 Å². The molecule has 0 saturated heterocycles. The van der Waals surface area contributed by atoms with E-state index in [-0.39, 0.29) is 16.2 Å². The molecule has 1 atom stereocenters. The molecule has 11 heteroatoms. The van der Waals surface area contributed by atoms with Crippen LogP contribution < -0.4 is 20.1 Å². The van der Waals surface area contributed by atoms with Gasteiger partial charge in [0, 0.05) is 12.2 Å². The zero-order valence-corrected chi connectivity index (χ0v) is 18.9. The van der Waals surface area contributed by atoms with E-state index in [0.717, 1.165) is 11.6 Å². The molecule has 1 unspecified atom stereocenters. The molecule has 3 N–H and O–H groups in total. The van der Waals surface area contributed by atoms with Crippen LogP contribution in [0.2, 0.25) is 0 Å². The summed E-state index contributed by atoms with van der Waals surface area (Å²) >= 11 is 0. The Morgan fingerprint density at radius 2 is 1.72 bits per heavy atom. The molecule has 32 heavy (non-hydrogen) atoms. The number of imide groups is 1. The van der Waals surface area contributed by atoms with Crippen molar-refractivity contribution in [1.29, 1.82) is 0 Å². The van der Waals surface area contributed by atoms with Crippen LogP contribution >= 0.6 is 0 Å². The number of methoxy groups -OCH3 is 1. The minimum absolute atomic E-state index is 0.0168. The number of amides is 3. The molecule has 172 valence electrons. The van der Waals surface area contributed by atoms with Crippen molar-refractivity contribution in [2.45, 2.75) is 31.8 Å². The number of carbonyl (C=O) groups excluding carboxylic acids is 3. The van der Waals surface area contributed by atoms with Crippen LogP contribution in [0.25, 0.3) is 0 Å². The molecule has 0 aliphatic carbocycles. The Labute approximate surface area is 186 Å². The summed E-state index contributed by atoms with van der Waals surface area (Å²) in [6, 6.07) is 9.68. The Kier molecular flexibility index (Phi) is 8.19. The smallest absolute Gasteiger partial charge is 0.338 e. The number of carbonyl (C=O) groups is 3. The van der Waals surface area contributed by atoms with E-state index in [1.807, 2.05) is 12.2 Å². The molecule has 0 saturated carbocycles. The third-order valence-corrected chi connectivity index (χ3v) is 5.62. The first-order chi connectivity index (χ1) is 15.1. The highest BCUT2D eigenvalue weighted by atomic mass is 32.2.